The van der Waals surface area contributed by atoms with Gasteiger partial charge in [-0.15, -0.1) is 0 Å². The molecule has 5 heteroatoms. The van der Waals surface area contributed by atoms with Crippen molar-refractivity contribution in [1.82, 2.24) is 14.9 Å². The normalized spacial score (nSPS) is 15.7. The van der Waals surface area contributed by atoms with Gasteiger partial charge in [0.25, 0.3) is 0 Å². The van der Waals surface area contributed by atoms with Crippen LogP contribution < -0.4 is 4.74 Å². The van der Waals surface area contributed by atoms with Gasteiger partial charge in [0, 0.05) is 25.1 Å². The fourth-order valence-electron chi connectivity index (χ4n) is 3.59. The van der Waals surface area contributed by atoms with Crippen molar-refractivity contribution < 1.29 is 9.53 Å². The minimum atomic E-state index is 0.0593. The first-order valence-electron chi connectivity index (χ1n) is 9.91. The van der Waals surface area contributed by atoms with Crippen molar-refractivity contribution in [3.8, 4) is 17.0 Å². The van der Waals surface area contributed by atoms with Crippen molar-refractivity contribution >= 4 is 5.91 Å². The summed E-state index contributed by atoms with van der Waals surface area (Å²) in [6, 6.07) is 8.05. The predicted molar refractivity (Wildman–Crippen MR) is 108 cm³/mol. The van der Waals surface area contributed by atoms with Gasteiger partial charge in [0.2, 0.25) is 5.91 Å². The molecule has 1 aromatic heterocycles. The lowest BCUT2D eigenvalue weighted by Crippen LogP contribution is -2.40. The molecule has 1 N–H and O–H groups in total. The second-order valence-electron chi connectivity index (χ2n) is 8.66. The first kappa shape index (κ1) is 19.5. The largest absolute Gasteiger partial charge is 0.493 e. The number of carbonyl (C=O) groups excluding carboxylic acids is 1. The topological polar surface area (TPSA) is 58.2 Å². The van der Waals surface area contributed by atoms with E-state index in [-0.39, 0.29) is 5.41 Å². The Labute approximate surface area is 162 Å². The summed E-state index contributed by atoms with van der Waals surface area (Å²) in [5.41, 5.74) is 2.07. The van der Waals surface area contributed by atoms with Gasteiger partial charge in [-0.05, 0) is 42.7 Å². The number of carbonyl (C=O) groups is 1. The average Bonchev–Trinajstić information content (AvgIpc) is 3.16. The summed E-state index contributed by atoms with van der Waals surface area (Å²) >= 11 is 0. The summed E-state index contributed by atoms with van der Waals surface area (Å²) in [6.45, 7) is 8.82. The summed E-state index contributed by atoms with van der Waals surface area (Å²) in [7, 11) is 0. The molecule has 1 fully saturated rings. The average molecular weight is 370 g/mol. The molecule has 2 heterocycles. The number of ether oxygens (including phenoxy) is 1. The van der Waals surface area contributed by atoms with Gasteiger partial charge in [-0.1, -0.05) is 32.9 Å². The smallest absolute Gasteiger partial charge is 0.223 e. The van der Waals surface area contributed by atoms with Crippen molar-refractivity contribution in [1.29, 1.82) is 0 Å². The van der Waals surface area contributed by atoms with Gasteiger partial charge in [0.05, 0.1) is 24.8 Å². The van der Waals surface area contributed by atoms with Crippen LogP contribution in [-0.4, -0.2) is 40.5 Å². The Morgan fingerprint density at radius 1 is 1.26 bits per heavy atom. The summed E-state index contributed by atoms with van der Waals surface area (Å²) in [5.74, 6) is 1.81. The number of likely N-dealkylation sites (tertiary alicyclic amines) is 1. The van der Waals surface area contributed by atoms with Gasteiger partial charge in [0.15, 0.2) is 0 Å². The summed E-state index contributed by atoms with van der Waals surface area (Å²) < 4.78 is 6.08. The third-order valence-electron chi connectivity index (χ3n) is 5.11. The molecule has 0 atom stereocenters. The Morgan fingerprint density at radius 2 is 2.00 bits per heavy atom. The van der Waals surface area contributed by atoms with Crippen LogP contribution in [0.5, 0.6) is 5.75 Å². The van der Waals surface area contributed by atoms with Gasteiger partial charge in [-0.25, -0.2) is 4.98 Å². The second-order valence-corrected chi connectivity index (χ2v) is 8.66. The molecule has 1 amide bonds. The number of amides is 1. The Kier molecular flexibility index (Phi) is 6.19. The number of aromatic nitrogens is 2. The van der Waals surface area contributed by atoms with Crippen LogP contribution in [-0.2, 0) is 4.79 Å². The van der Waals surface area contributed by atoms with E-state index in [2.05, 4.69) is 30.7 Å². The van der Waals surface area contributed by atoms with Gasteiger partial charge in [-0.3, -0.25) is 4.79 Å². The van der Waals surface area contributed by atoms with E-state index in [1.807, 2.05) is 35.4 Å². The monoisotopic (exact) mass is 369 g/mol. The lowest BCUT2D eigenvalue weighted by atomic mass is 9.89. The number of nitrogens with one attached hydrogen (secondary N) is 1. The molecular formula is C22H31N3O2. The minimum Gasteiger partial charge on any atom is -0.493 e. The standard InChI is InChI=1S/C22H31N3O2/c1-22(2,3)14-21(26)25-11-8-17(9-12-25)10-13-27-20-7-5-4-6-18(20)19-15-23-16-24-19/h4-7,15-17H,8-14H2,1-3H3,(H,23,24). The first-order chi connectivity index (χ1) is 12.9. The number of nitrogens with zero attached hydrogens (tertiary/aromatic N) is 2. The minimum absolute atomic E-state index is 0.0593. The molecular weight excluding hydrogens is 338 g/mol. The maximum absolute atomic E-state index is 12.4. The van der Waals surface area contributed by atoms with Crippen molar-refractivity contribution in [2.45, 2.75) is 46.5 Å². The maximum atomic E-state index is 12.4. The quantitative estimate of drug-likeness (QED) is 0.814. The third kappa shape index (κ3) is 5.59. The van der Waals surface area contributed by atoms with Crippen molar-refractivity contribution in [3.63, 3.8) is 0 Å². The number of aromatic amines is 1. The van der Waals surface area contributed by atoms with Crippen molar-refractivity contribution in [2.24, 2.45) is 11.3 Å². The van der Waals surface area contributed by atoms with Crippen molar-refractivity contribution in [3.05, 3.63) is 36.8 Å². The van der Waals surface area contributed by atoms with Gasteiger partial charge < -0.3 is 14.6 Å². The van der Waals surface area contributed by atoms with Gasteiger partial charge >= 0.3 is 0 Å². The molecule has 0 aliphatic carbocycles. The van der Waals surface area contributed by atoms with Crippen LogP contribution >= 0.6 is 0 Å². The molecule has 0 spiro atoms. The molecule has 0 bridgehead atoms. The summed E-state index contributed by atoms with van der Waals surface area (Å²) in [4.78, 5) is 21.6. The van der Waals surface area contributed by atoms with Crippen LogP contribution in [0.4, 0.5) is 0 Å². The zero-order valence-corrected chi connectivity index (χ0v) is 16.7. The van der Waals surface area contributed by atoms with E-state index in [0.29, 0.717) is 24.9 Å². The molecule has 1 aliphatic heterocycles. The lowest BCUT2D eigenvalue weighted by Gasteiger charge is -2.33. The Hall–Kier alpha value is -2.30. The Bertz CT molecular complexity index is 726. The molecule has 1 aromatic carbocycles. The van der Waals surface area contributed by atoms with E-state index in [0.717, 1.165) is 49.4 Å². The van der Waals surface area contributed by atoms with Crippen LogP contribution in [0.2, 0.25) is 0 Å². The highest BCUT2D eigenvalue weighted by molar-refractivity contribution is 5.76. The van der Waals surface area contributed by atoms with E-state index in [1.54, 1.807) is 6.33 Å². The zero-order valence-electron chi connectivity index (χ0n) is 16.7. The molecule has 3 rings (SSSR count). The fraction of sp³-hybridized carbons (Fsp3) is 0.545. The second kappa shape index (κ2) is 8.59. The summed E-state index contributed by atoms with van der Waals surface area (Å²) in [6.07, 6.45) is 7.29. The van der Waals surface area contributed by atoms with Gasteiger partial charge in [0.1, 0.15) is 5.75 Å². The number of benzene rings is 1. The molecule has 1 aliphatic rings. The number of hydrogen-bond acceptors (Lipinski definition) is 3. The van der Waals surface area contributed by atoms with Crippen LogP contribution in [0.1, 0.15) is 46.5 Å². The first-order valence-corrected chi connectivity index (χ1v) is 9.91. The van der Waals surface area contributed by atoms with Crippen LogP contribution in [0.3, 0.4) is 0 Å². The van der Waals surface area contributed by atoms with E-state index >= 15 is 0 Å². The number of hydrogen-bond donors (Lipinski definition) is 1. The van der Waals surface area contributed by atoms with E-state index in [4.69, 9.17) is 4.74 Å². The molecule has 0 radical (unpaired) electrons. The number of imidazole rings is 1. The number of para-hydroxylation sites is 1. The Morgan fingerprint density at radius 3 is 2.67 bits per heavy atom. The number of H-pyrrole nitrogens is 1. The molecule has 0 saturated carbocycles. The van der Waals surface area contributed by atoms with E-state index in [1.165, 1.54) is 0 Å². The predicted octanol–water partition coefficient (Wildman–Crippen LogP) is 4.52. The highest BCUT2D eigenvalue weighted by Gasteiger charge is 2.25. The molecule has 146 valence electrons. The van der Waals surface area contributed by atoms with Crippen LogP contribution in [0.15, 0.2) is 36.8 Å². The molecule has 0 unspecified atom stereocenters. The van der Waals surface area contributed by atoms with E-state index in [9.17, 15) is 4.79 Å². The highest BCUT2D eigenvalue weighted by atomic mass is 16.5. The van der Waals surface area contributed by atoms with E-state index < -0.39 is 0 Å². The molecule has 1 saturated heterocycles. The zero-order chi connectivity index (χ0) is 19.3. The third-order valence-corrected chi connectivity index (χ3v) is 5.11. The van der Waals surface area contributed by atoms with Crippen molar-refractivity contribution in [2.75, 3.05) is 19.7 Å². The van der Waals surface area contributed by atoms with Crippen LogP contribution in [0, 0.1) is 11.3 Å². The highest BCUT2D eigenvalue weighted by Crippen LogP contribution is 2.29. The number of piperidine rings is 1. The SMILES string of the molecule is CC(C)(C)CC(=O)N1CCC(CCOc2ccccc2-c2cnc[nH]2)CC1. The summed E-state index contributed by atoms with van der Waals surface area (Å²) in [5, 5.41) is 0. The molecule has 27 heavy (non-hydrogen) atoms. The molecule has 5 nitrogen and oxygen atoms in total. The van der Waals surface area contributed by atoms with Gasteiger partial charge in [-0.2, -0.15) is 0 Å². The fourth-order valence-corrected chi connectivity index (χ4v) is 3.59. The molecule has 2 aromatic rings. The maximum Gasteiger partial charge on any atom is 0.223 e. The van der Waals surface area contributed by atoms with Crippen LogP contribution in [0.25, 0.3) is 11.3 Å². The Balaban J connectivity index is 1.45. The number of rotatable bonds is 6. The lowest BCUT2D eigenvalue weighted by molar-refractivity contribution is -0.134.